The van der Waals surface area contributed by atoms with Crippen LogP contribution >= 0.6 is 0 Å². The van der Waals surface area contributed by atoms with Crippen LogP contribution in [-0.2, 0) is 18.4 Å². The molecule has 2 rings (SSSR count). The zero-order valence-corrected chi connectivity index (χ0v) is 10.4. The highest BCUT2D eigenvalue weighted by Gasteiger charge is 2.18. The van der Waals surface area contributed by atoms with Crippen LogP contribution in [0.25, 0.3) is 0 Å². The van der Waals surface area contributed by atoms with Crippen LogP contribution in [0.1, 0.15) is 31.4 Å². The topological polar surface area (TPSA) is 46.1 Å². The molecule has 1 atom stereocenters. The number of nitrogens with zero attached hydrogens (tertiary/aromatic N) is 1. The summed E-state index contributed by atoms with van der Waals surface area (Å²) in [6.45, 7) is 1.57. The van der Waals surface area contributed by atoms with Crippen molar-refractivity contribution in [3.63, 3.8) is 0 Å². The number of rotatable bonds is 3. The highest BCUT2D eigenvalue weighted by Crippen LogP contribution is 2.08. The molecule has 4 nitrogen and oxygen atoms in total. The molecule has 2 N–H and O–H groups in total. The molecule has 1 aliphatic rings. The second-order valence-corrected chi connectivity index (χ2v) is 4.68. The van der Waals surface area contributed by atoms with E-state index in [1.54, 1.807) is 0 Å². The van der Waals surface area contributed by atoms with Crippen molar-refractivity contribution in [3.8, 4) is 0 Å². The Morgan fingerprint density at radius 2 is 2.41 bits per heavy atom. The average molecular weight is 235 g/mol. The minimum Gasteiger partial charge on any atom is -0.353 e. The molecule has 0 bridgehead atoms. The third kappa shape index (κ3) is 3.33. The zero-order valence-electron chi connectivity index (χ0n) is 10.4. The van der Waals surface area contributed by atoms with Crippen molar-refractivity contribution >= 4 is 5.91 Å². The summed E-state index contributed by atoms with van der Waals surface area (Å²) in [4.78, 5) is 12.0. The molecule has 2 heterocycles. The molecule has 0 radical (unpaired) electrons. The Morgan fingerprint density at radius 1 is 1.53 bits per heavy atom. The quantitative estimate of drug-likeness (QED) is 0.826. The number of aryl methyl sites for hydroxylation is 1. The summed E-state index contributed by atoms with van der Waals surface area (Å²) in [5, 5.41) is 6.31. The van der Waals surface area contributed by atoms with Gasteiger partial charge in [-0.25, -0.2) is 0 Å². The zero-order chi connectivity index (χ0) is 12.1. The van der Waals surface area contributed by atoms with Gasteiger partial charge in [0.25, 0.3) is 0 Å². The van der Waals surface area contributed by atoms with Gasteiger partial charge >= 0.3 is 0 Å². The summed E-state index contributed by atoms with van der Waals surface area (Å²) in [5.41, 5.74) is 1.13. The minimum atomic E-state index is -0.00207. The molecule has 1 aromatic rings. The summed E-state index contributed by atoms with van der Waals surface area (Å²) in [6, 6.07) is 4.02. The Morgan fingerprint density at radius 3 is 3.18 bits per heavy atom. The highest BCUT2D eigenvalue weighted by atomic mass is 16.2. The summed E-state index contributed by atoms with van der Waals surface area (Å²) in [6.07, 6.45) is 6.51. The Hall–Kier alpha value is -1.29. The van der Waals surface area contributed by atoms with E-state index in [-0.39, 0.29) is 11.9 Å². The number of nitrogens with one attached hydrogen (secondary N) is 2. The van der Waals surface area contributed by atoms with Crippen molar-refractivity contribution < 1.29 is 4.79 Å². The fourth-order valence-corrected chi connectivity index (χ4v) is 2.23. The van der Waals surface area contributed by atoms with Crippen molar-refractivity contribution in [2.45, 2.75) is 38.3 Å². The van der Waals surface area contributed by atoms with E-state index >= 15 is 0 Å². The molecule has 94 valence electrons. The first-order valence-electron chi connectivity index (χ1n) is 6.38. The molecule has 1 aromatic heterocycles. The van der Waals surface area contributed by atoms with Crippen molar-refractivity contribution in [1.82, 2.24) is 15.2 Å². The number of hydrogen-bond acceptors (Lipinski definition) is 2. The van der Waals surface area contributed by atoms with Crippen molar-refractivity contribution in [3.05, 3.63) is 24.0 Å². The van der Waals surface area contributed by atoms with Crippen molar-refractivity contribution in [2.24, 2.45) is 7.05 Å². The third-order valence-corrected chi connectivity index (χ3v) is 3.37. The summed E-state index contributed by atoms with van der Waals surface area (Å²) in [7, 11) is 1.99. The molecule has 1 amide bonds. The lowest BCUT2D eigenvalue weighted by Crippen LogP contribution is -2.43. The number of amides is 1. The minimum absolute atomic E-state index is 0.00207. The van der Waals surface area contributed by atoms with E-state index in [4.69, 9.17) is 0 Å². The third-order valence-electron chi connectivity index (χ3n) is 3.37. The average Bonchev–Trinajstić information content (AvgIpc) is 2.58. The first kappa shape index (κ1) is 12.2. The van der Waals surface area contributed by atoms with Gasteiger partial charge in [0.2, 0.25) is 5.91 Å². The van der Waals surface area contributed by atoms with Gasteiger partial charge in [0, 0.05) is 18.9 Å². The fourth-order valence-electron chi connectivity index (χ4n) is 2.23. The molecule has 17 heavy (non-hydrogen) atoms. The lowest BCUT2D eigenvalue weighted by Gasteiger charge is -2.15. The standard InChI is InChI=1S/C13H21N3O/c1-16-9-5-6-11(16)10-15-13(17)12-7-3-2-4-8-14-12/h5-6,9,12,14H,2-4,7-8,10H2,1H3,(H,15,17). The largest absolute Gasteiger partial charge is 0.353 e. The molecule has 1 aliphatic heterocycles. The molecule has 4 heteroatoms. The Bertz CT molecular complexity index is 364. The predicted octanol–water partition coefficient (Wildman–Crippen LogP) is 1.17. The molecule has 0 saturated carbocycles. The van der Waals surface area contributed by atoms with E-state index in [1.165, 1.54) is 12.8 Å². The maximum Gasteiger partial charge on any atom is 0.237 e. The number of carbonyl (C=O) groups is 1. The van der Waals surface area contributed by atoms with Crippen molar-refractivity contribution in [2.75, 3.05) is 6.54 Å². The SMILES string of the molecule is Cn1cccc1CNC(=O)C1CCCCCN1. The van der Waals surface area contributed by atoms with Crippen LogP contribution in [0.3, 0.4) is 0 Å². The molecule has 0 aliphatic carbocycles. The molecule has 1 unspecified atom stereocenters. The van der Waals surface area contributed by atoms with E-state index in [0.717, 1.165) is 25.1 Å². The summed E-state index contributed by atoms with van der Waals surface area (Å²) < 4.78 is 2.03. The maximum atomic E-state index is 12.0. The Balaban J connectivity index is 1.82. The van der Waals surface area contributed by atoms with E-state index < -0.39 is 0 Å². The summed E-state index contributed by atoms with van der Waals surface area (Å²) >= 11 is 0. The number of carbonyl (C=O) groups excluding carboxylic acids is 1. The van der Waals surface area contributed by atoms with Crippen LogP contribution < -0.4 is 10.6 Å². The van der Waals surface area contributed by atoms with E-state index in [0.29, 0.717) is 6.54 Å². The summed E-state index contributed by atoms with van der Waals surface area (Å²) in [5.74, 6) is 0.133. The highest BCUT2D eigenvalue weighted by molar-refractivity contribution is 5.81. The first-order valence-corrected chi connectivity index (χ1v) is 6.38. The van der Waals surface area contributed by atoms with Crippen LogP contribution in [0, 0.1) is 0 Å². The maximum absolute atomic E-state index is 12.0. The van der Waals surface area contributed by atoms with Gasteiger partial charge in [0.15, 0.2) is 0 Å². The predicted molar refractivity (Wildman–Crippen MR) is 67.5 cm³/mol. The van der Waals surface area contributed by atoms with Gasteiger partial charge in [-0.15, -0.1) is 0 Å². The first-order chi connectivity index (χ1) is 8.27. The number of aromatic nitrogens is 1. The van der Waals surface area contributed by atoms with Gasteiger partial charge in [-0.3, -0.25) is 4.79 Å². The van der Waals surface area contributed by atoms with E-state index in [9.17, 15) is 4.79 Å². The lowest BCUT2D eigenvalue weighted by molar-refractivity contribution is -0.123. The molecular formula is C13H21N3O. The van der Waals surface area contributed by atoms with Gasteiger partial charge in [-0.2, -0.15) is 0 Å². The smallest absolute Gasteiger partial charge is 0.237 e. The van der Waals surface area contributed by atoms with Gasteiger partial charge in [-0.05, 0) is 31.5 Å². The van der Waals surface area contributed by atoms with E-state index in [2.05, 4.69) is 10.6 Å². The van der Waals surface area contributed by atoms with Gasteiger partial charge in [0.05, 0.1) is 12.6 Å². The van der Waals surface area contributed by atoms with Crippen LogP contribution in [0.2, 0.25) is 0 Å². The lowest BCUT2D eigenvalue weighted by atomic mass is 10.1. The molecule has 1 saturated heterocycles. The van der Waals surface area contributed by atoms with Crippen LogP contribution in [0.5, 0.6) is 0 Å². The van der Waals surface area contributed by atoms with Crippen LogP contribution in [0.4, 0.5) is 0 Å². The molecular weight excluding hydrogens is 214 g/mol. The molecule has 0 spiro atoms. The normalized spacial score (nSPS) is 20.9. The molecule has 1 fully saturated rings. The van der Waals surface area contributed by atoms with Gasteiger partial charge < -0.3 is 15.2 Å². The molecule has 0 aromatic carbocycles. The monoisotopic (exact) mass is 235 g/mol. The van der Waals surface area contributed by atoms with Gasteiger partial charge in [-0.1, -0.05) is 12.8 Å². The second kappa shape index (κ2) is 5.87. The fraction of sp³-hybridized carbons (Fsp3) is 0.615. The van der Waals surface area contributed by atoms with Gasteiger partial charge in [0.1, 0.15) is 0 Å². The van der Waals surface area contributed by atoms with Crippen molar-refractivity contribution in [1.29, 1.82) is 0 Å². The Kier molecular flexibility index (Phi) is 4.20. The second-order valence-electron chi connectivity index (χ2n) is 4.68. The Labute approximate surface area is 102 Å². The van der Waals surface area contributed by atoms with Crippen LogP contribution in [-0.4, -0.2) is 23.1 Å². The van der Waals surface area contributed by atoms with E-state index in [1.807, 2.05) is 29.9 Å². The van der Waals surface area contributed by atoms with Crippen LogP contribution in [0.15, 0.2) is 18.3 Å². The number of hydrogen-bond donors (Lipinski definition) is 2.